The first-order chi connectivity index (χ1) is 9.25. The van der Waals surface area contributed by atoms with E-state index in [0.717, 1.165) is 0 Å². The molecule has 0 aromatic rings. The van der Waals surface area contributed by atoms with Crippen LogP contribution in [0.1, 0.15) is 6.42 Å². The van der Waals surface area contributed by atoms with E-state index in [4.69, 9.17) is 19.3 Å². The molecule has 4 N–H and O–H groups in total. The monoisotopic (exact) mass is 368 g/mol. The average molecular weight is 368 g/mol. The Bertz CT molecular complexity index is 382. The Morgan fingerprint density at radius 1 is 0.714 bits per heavy atom. The molecule has 0 bridgehead atoms. The minimum Gasteiger partial charge on any atom is -0.396 e. The van der Waals surface area contributed by atoms with Gasteiger partial charge >= 0.3 is 0 Å². The lowest BCUT2D eigenvalue weighted by molar-refractivity contribution is 0.171. The molecule has 0 spiro atoms. The molecular formula is C7H16F4O8S2. The van der Waals surface area contributed by atoms with Crippen LogP contribution in [0, 0.1) is 0 Å². The fourth-order valence-electron chi connectivity index (χ4n) is 0.389. The summed E-state index contributed by atoms with van der Waals surface area (Å²) in [5.74, 6) is -2.96. The van der Waals surface area contributed by atoms with Crippen LogP contribution in [0.4, 0.5) is 17.6 Å². The van der Waals surface area contributed by atoms with E-state index in [9.17, 15) is 34.4 Å². The molecule has 14 heteroatoms. The predicted octanol–water partition coefficient (Wildman–Crippen LogP) is -0.360. The molecule has 0 unspecified atom stereocenters. The number of aliphatic hydroxyl groups excluding tert-OH is 2. The Morgan fingerprint density at radius 2 is 0.952 bits per heavy atom. The first-order valence-electron chi connectivity index (χ1n) is 4.93. The van der Waals surface area contributed by atoms with Crippen molar-refractivity contribution in [3.05, 3.63) is 0 Å². The van der Waals surface area contributed by atoms with Crippen molar-refractivity contribution < 1.29 is 53.7 Å². The summed E-state index contributed by atoms with van der Waals surface area (Å²) < 4.78 is 97.4. The molecule has 132 valence electrons. The summed E-state index contributed by atoms with van der Waals surface area (Å²) in [6.45, 7) is 0.188. The van der Waals surface area contributed by atoms with Crippen LogP contribution in [0.15, 0.2) is 0 Å². The van der Waals surface area contributed by atoms with Crippen LogP contribution < -0.4 is 0 Å². The van der Waals surface area contributed by atoms with E-state index in [0.29, 0.717) is 6.42 Å². The molecule has 0 heterocycles. The van der Waals surface area contributed by atoms with Crippen LogP contribution >= 0.6 is 0 Å². The minimum atomic E-state index is -4.47. The Labute approximate surface area is 118 Å². The zero-order valence-corrected chi connectivity index (χ0v) is 12.1. The third kappa shape index (κ3) is 45.2. The van der Waals surface area contributed by atoms with Crippen molar-refractivity contribution in [1.29, 1.82) is 0 Å². The largest absolute Gasteiger partial charge is 0.396 e. The van der Waals surface area contributed by atoms with Crippen LogP contribution in [0.2, 0.25) is 0 Å². The van der Waals surface area contributed by atoms with Crippen molar-refractivity contribution in [3.8, 4) is 0 Å². The molecule has 0 rings (SSSR count). The van der Waals surface area contributed by atoms with Gasteiger partial charge in [-0.1, -0.05) is 0 Å². The number of aliphatic hydroxyl groups is 2. The lowest BCUT2D eigenvalue weighted by Gasteiger charge is -1.91. The third-order valence-electron chi connectivity index (χ3n) is 0.989. The summed E-state index contributed by atoms with van der Waals surface area (Å²) >= 11 is 0. The molecule has 0 aromatic carbocycles. The normalized spacial score (nSPS) is 11.5. The molecular weight excluding hydrogens is 352 g/mol. The molecule has 0 saturated heterocycles. The first kappa shape index (κ1) is 25.4. The molecule has 8 nitrogen and oxygen atoms in total. The second-order valence-electron chi connectivity index (χ2n) is 3.08. The molecule has 0 aliphatic rings. The van der Waals surface area contributed by atoms with Gasteiger partial charge in [0.15, 0.2) is 0 Å². The summed E-state index contributed by atoms with van der Waals surface area (Å²) in [6.07, 6.45) is -5.49. The van der Waals surface area contributed by atoms with Gasteiger partial charge in [0, 0.05) is 13.2 Å². The SMILES string of the molecule is O=S(=O)(O)CC(F)F.O=S(=O)(O)CC(F)F.OCCCO. The van der Waals surface area contributed by atoms with Crippen molar-refractivity contribution in [2.75, 3.05) is 24.7 Å². The van der Waals surface area contributed by atoms with Crippen LogP contribution in [0.5, 0.6) is 0 Å². The number of alkyl halides is 4. The zero-order valence-electron chi connectivity index (χ0n) is 10.4. The molecule has 0 aliphatic carbocycles. The van der Waals surface area contributed by atoms with Gasteiger partial charge in [0.2, 0.25) is 0 Å². The van der Waals surface area contributed by atoms with Gasteiger partial charge < -0.3 is 10.2 Å². The topological polar surface area (TPSA) is 149 Å². The lowest BCUT2D eigenvalue weighted by atomic mass is 10.5. The van der Waals surface area contributed by atoms with Crippen molar-refractivity contribution in [2.24, 2.45) is 0 Å². The van der Waals surface area contributed by atoms with E-state index in [1.807, 2.05) is 0 Å². The summed E-state index contributed by atoms with van der Waals surface area (Å²) in [6, 6.07) is 0. The van der Waals surface area contributed by atoms with Crippen molar-refractivity contribution >= 4 is 20.2 Å². The summed E-state index contributed by atoms with van der Waals surface area (Å²) in [4.78, 5) is 0. The van der Waals surface area contributed by atoms with Gasteiger partial charge in [-0.15, -0.1) is 0 Å². The quantitative estimate of drug-likeness (QED) is 0.367. The maximum absolute atomic E-state index is 11.0. The van der Waals surface area contributed by atoms with E-state index in [-0.39, 0.29) is 13.2 Å². The van der Waals surface area contributed by atoms with Crippen LogP contribution in [0.25, 0.3) is 0 Å². The van der Waals surface area contributed by atoms with Crippen LogP contribution in [0.3, 0.4) is 0 Å². The third-order valence-corrected chi connectivity index (χ3v) is 2.34. The highest BCUT2D eigenvalue weighted by molar-refractivity contribution is 7.86. The highest BCUT2D eigenvalue weighted by Gasteiger charge is 2.13. The van der Waals surface area contributed by atoms with E-state index in [1.165, 1.54) is 0 Å². The minimum absolute atomic E-state index is 0.0938. The molecule has 0 saturated carbocycles. The van der Waals surface area contributed by atoms with Crippen molar-refractivity contribution in [1.82, 2.24) is 0 Å². The van der Waals surface area contributed by atoms with E-state index in [1.54, 1.807) is 0 Å². The fourth-order valence-corrected chi connectivity index (χ4v) is 1.03. The van der Waals surface area contributed by atoms with Crippen molar-refractivity contribution in [3.63, 3.8) is 0 Å². The van der Waals surface area contributed by atoms with Gasteiger partial charge in [0.1, 0.15) is 11.5 Å². The summed E-state index contributed by atoms with van der Waals surface area (Å²) in [5.41, 5.74) is 0. The Hall–Kier alpha value is -0.540. The smallest absolute Gasteiger partial charge is 0.270 e. The van der Waals surface area contributed by atoms with E-state index < -0.39 is 44.6 Å². The molecule has 0 fully saturated rings. The highest BCUT2D eigenvalue weighted by Crippen LogP contribution is 1.95. The van der Waals surface area contributed by atoms with Gasteiger partial charge in [-0.05, 0) is 6.42 Å². The second-order valence-corrected chi connectivity index (χ2v) is 6.07. The first-order valence-corrected chi connectivity index (χ1v) is 8.15. The maximum atomic E-state index is 11.0. The number of halogens is 4. The summed E-state index contributed by atoms with van der Waals surface area (Å²) in [7, 11) is -8.95. The Balaban J connectivity index is -0.000000239. The number of hydrogen-bond acceptors (Lipinski definition) is 6. The van der Waals surface area contributed by atoms with Gasteiger partial charge in [0.25, 0.3) is 33.1 Å². The lowest BCUT2D eigenvalue weighted by Crippen LogP contribution is -2.11. The Kier molecular flexibility index (Phi) is 15.9. The van der Waals surface area contributed by atoms with Crippen molar-refractivity contribution in [2.45, 2.75) is 19.3 Å². The second kappa shape index (κ2) is 13.1. The standard InChI is InChI=1S/C3H8O2.2C2H4F2O3S/c4-2-1-3-5;2*3-2(4)1-8(5,6)7/h4-5H,1-3H2;2*2H,1H2,(H,5,6,7). The molecule has 0 radical (unpaired) electrons. The Morgan fingerprint density at radius 3 is 0.952 bits per heavy atom. The molecule has 0 aromatic heterocycles. The number of hydrogen-bond donors (Lipinski definition) is 4. The molecule has 21 heavy (non-hydrogen) atoms. The highest BCUT2D eigenvalue weighted by atomic mass is 32.2. The van der Waals surface area contributed by atoms with Gasteiger partial charge in [-0.25, -0.2) is 17.6 Å². The predicted molar refractivity (Wildman–Crippen MR) is 63.6 cm³/mol. The van der Waals surface area contributed by atoms with Gasteiger partial charge in [-0.3, -0.25) is 9.11 Å². The zero-order chi connectivity index (χ0) is 17.7. The molecule has 0 amide bonds. The molecule has 0 atom stereocenters. The fraction of sp³-hybridized carbons (Fsp3) is 1.00. The van der Waals surface area contributed by atoms with E-state index in [2.05, 4.69) is 0 Å². The van der Waals surface area contributed by atoms with Gasteiger partial charge in [-0.2, -0.15) is 16.8 Å². The molecule has 0 aliphatic heterocycles. The van der Waals surface area contributed by atoms with Crippen LogP contribution in [-0.2, 0) is 20.2 Å². The average Bonchev–Trinajstić information content (AvgIpc) is 2.11. The number of rotatable bonds is 6. The van der Waals surface area contributed by atoms with Crippen LogP contribution in [-0.4, -0.2) is 73.7 Å². The maximum Gasteiger partial charge on any atom is 0.270 e. The van der Waals surface area contributed by atoms with E-state index >= 15 is 0 Å². The van der Waals surface area contributed by atoms with Gasteiger partial charge in [0.05, 0.1) is 0 Å². The summed E-state index contributed by atoms with van der Waals surface area (Å²) in [5, 5.41) is 15.8.